The van der Waals surface area contributed by atoms with Crippen molar-refractivity contribution in [3.05, 3.63) is 0 Å². The van der Waals surface area contributed by atoms with E-state index < -0.39 is 6.10 Å². The summed E-state index contributed by atoms with van der Waals surface area (Å²) < 4.78 is 0. The van der Waals surface area contributed by atoms with Gasteiger partial charge in [-0.05, 0) is 73.5 Å². The van der Waals surface area contributed by atoms with Crippen molar-refractivity contribution in [3.63, 3.8) is 0 Å². The molecule has 0 saturated heterocycles. The minimum atomic E-state index is -0.472. The zero-order valence-corrected chi connectivity index (χ0v) is 15.2. The van der Waals surface area contributed by atoms with Gasteiger partial charge in [-0.3, -0.25) is 0 Å². The van der Waals surface area contributed by atoms with Gasteiger partial charge >= 0.3 is 0 Å². The van der Waals surface area contributed by atoms with Crippen LogP contribution in [0.4, 0.5) is 0 Å². The zero-order chi connectivity index (χ0) is 16.9. The first kappa shape index (κ1) is 17.7. The third-order valence-electron chi connectivity index (χ3n) is 8.30. The lowest BCUT2D eigenvalue weighted by atomic mass is 9.42. The number of hydrogen-bond donors (Lipinski definition) is 3. The highest BCUT2D eigenvalue weighted by Crippen LogP contribution is 2.67. The van der Waals surface area contributed by atoms with Crippen LogP contribution in [0.5, 0.6) is 0 Å². The molecule has 0 radical (unpaired) electrons. The summed E-state index contributed by atoms with van der Waals surface area (Å²) in [5, 5.41) is 31.0. The fourth-order valence-electron chi connectivity index (χ4n) is 7.09. The largest absolute Gasteiger partial charge is 0.396 e. The molecule has 0 amide bonds. The SMILES string of the molecule is CC1(C)CCCC2(C)C1CCC1(CO)C(O)CC(CO)CCC21. The molecule has 23 heavy (non-hydrogen) atoms. The zero-order valence-electron chi connectivity index (χ0n) is 15.2. The van der Waals surface area contributed by atoms with Crippen LogP contribution >= 0.6 is 0 Å². The molecule has 3 rings (SSSR count). The smallest absolute Gasteiger partial charge is 0.0624 e. The second kappa shape index (κ2) is 6.00. The Kier molecular flexibility index (Phi) is 4.61. The highest BCUT2D eigenvalue weighted by atomic mass is 16.3. The monoisotopic (exact) mass is 324 g/mol. The maximum absolute atomic E-state index is 11.0. The van der Waals surface area contributed by atoms with E-state index in [0.717, 1.165) is 25.7 Å². The van der Waals surface area contributed by atoms with Crippen molar-refractivity contribution in [3.8, 4) is 0 Å². The lowest BCUT2D eigenvalue weighted by molar-refractivity contribution is -0.183. The molecule has 0 heterocycles. The van der Waals surface area contributed by atoms with Crippen LogP contribution < -0.4 is 0 Å². The first-order valence-electron chi connectivity index (χ1n) is 9.70. The van der Waals surface area contributed by atoms with Crippen molar-refractivity contribution in [2.24, 2.45) is 34.0 Å². The van der Waals surface area contributed by atoms with E-state index in [-0.39, 0.29) is 30.0 Å². The van der Waals surface area contributed by atoms with Crippen molar-refractivity contribution in [1.29, 1.82) is 0 Å². The van der Waals surface area contributed by atoms with Gasteiger partial charge in [0.2, 0.25) is 0 Å². The highest BCUT2D eigenvalue weighted by Gasteiger charge is 2.61. The average Bonchev–Trinajstić information content (AvgIpc) is 2.64. The Morgan fingerprint density at radius 1 is 0.913 bits per heavy atom. The molecule has 3 fully saturated rings. The number of aliphatic hydroxyl groups is 3. The average molecular weight is 325 g/mol. The van der Waals surface area contributed by atoms with E-state index in [9.17, 15) is 15.3 Å². The Bertz CT molecular complexity index is 435. The Morgan fingerprint density at radius 3 is 2.30 bits per heavy atom. The molecule has 0 aliphatic heterocycles. The summed E-state index contributed by atoms with van der Waals surface area (Å²) in [5.41, 5.74) is 0.235. The van der Waals surface area contributed by atoms with Crippen LogP contribution in [-0.4, -0.2) is 34.6 Å². The molecule has 6 atom stereocenters. The van der Waals surface area contributed by atoms with Gasteiger partial charge in [0.25, 0.3) is 0 Å². The molecule has 3 N–H and O–H groups in total. The molecule has 3 aliphatic rings. The molecule has 3 saturated carbocycles. The van der Waals surface area contributed by atoms with Gasteiger partial charge in [0, 0.05) is 12.0 Å². The third-order valence-corrected chi connectivity index (χ3v) is 8.30. The van der Waals surface area contributed by atoms with Gasteiger partial charge in [0.05, 0.1) is 12.7 Å². The Balaban J connectivity index is 2.00. The highest BCUT2D eigenvalue weighted by molar-refractivity contribution is 5.10. The molecule has 134 valence electrons. The summed E-state index contributed by atoms with van der Waals surface area (Å²) in [6, 6.07) is 0. The molecule has 3 heteroatoms. The van der Waals surface area contributed by atoms with E-state index in [4.69, 9.17) is 0 Å². The van der Waals surface area contributed by atoms with Crippen molar-refractivity contribution in [1.82, 2.24) is 0 Å². The van der Waals surface area contributed by atoms with Gasteiger partial charge in [0.1, 0.15) is 0 Å². The summed E-state index contributed by atoms with van der Waals surface area (Å²) >= 11 is 0. The van der Waals surface area contributed by atoms with Gasteiger partial charge in [-0.15, -0.1) is 0 Å². The van der Waals surface area contributed by atoms with Crippen LogP contribution in [0.1, 0.15) is 72.1 Å². The molecular formula is C20H36O3. The second-order valence-corrected chi connectivity index (χ2v) is 9.76. The molecule has 3 aliphatic carbocycles. The summed E-state index contributed by atoms with van der Waals surface area (Å²) in [6.07, 6.45) is 8.07. The molecule has 0 aromatic carbocycles. The van der Waals surface area contributed by atoms with Crippen molar-refractivity contribution < 1.29 is 15.3 Å². The maximum atomic E-state index is 11.0. The summed E-state index contributed by atoms with van der Waals surface area (Å²) in [5.74, 6) is 1.26. The molecule has 3 nitrogen and oxygen atoms in total. The van der Waals surface area contributed by atoms with E-state index >= 15 is 0 Å². The first-order valence-corrected chi connectivity index (χ1v) is 9.70. The third kappa shape index (κ3) is 2.58. The fourth-order valence-corrected chi connectivity index (χ4v) is 7.09. The lowest BCUT2D eigenvalue weighted by Crippen LogP contribution is -2.59. The number of aliphatic hydroxyl groups excluding tert-OH is 3. The molecule has 0 aromatic rings. The minimum Gasteiger partial charge on any atom is -0.396 e. The fraction of sp³-hybridized carbons (Fsp3) is 1.00. The van der Waals surface area contributed by atoms with Gasteiger partial charge in [0.15, 0.2) is 0 Å². The molecule has 0 spiro atoms. The van der Waals surface area contributed by atoms with E-state index in [0.29, 0.717) is 23.7 Å². The van der Waals surface area contributed by atoms with E-state index in [1.165, 1.54) is 19.3 Å². The van der Waals surface area contributed by atoms with Crippen molar-refractivity contribution in [2.45, 2.75) is 78.2 Å². The van der Waals surface area contributed by atoms with Gasteiger partial charge in [-0.2, -0.15) is 0 Å². The van der Waals surface area contributed by atoms with Crippen LogP contribution in [0.25, 0.3) is 0 Å². The van der Waals surface area contributed by atoms with Gasteiger partial charge in [-0.25, -0.2) is 0 Å². The first-order chi connectivity index (χ1) is 10.8. The van der Waals surface area contributed by atoms with Gasteiger partial charge in [-0.1, -0.05) is 27.2 Å². The maximum Gasteiger partial charge on any atom is 0.0624 e. The van der Waals surface area contributed by atoms with Crippen LogP contribution in [0.3, 0.4) is 0 Å². The number of rotatable bonds is 2. The normalized spacial score (nSPS) is 49.8. The van der Waals surface area contributed by atoms with Crippen LogP contribution in [-0.2, 0) is 0 Å². The lowest BCUT2D eigenvalue weighted by Gasteiger charge is -2.63. The minimum absolute atomic E-state index is 0.0969. The number of fused-ring (bicyclic) bond motifs is 3. The van der Waals surface area contributed by atoms with Crippen molar-refractivity contribution in [2.75, 3.05) is 13.2 Å². The topological polar surface area (TPSA) is 60.7 Å². The van der Waals surface area contributed by atoms with E-state index in [2.05, 4.69) is 20.8 Å². The predicted molar refractivity (Wildman–Crippen MR) is 91.9 cm³/mol. The van der Waals surface area contributed by atoms with Crippen molar-refractivity contribution >= 4 is 0 Å². The van der Waals surface area contributed by atoms with Crippen LogP contribution in [0, 0.1) is 34.0 Å². The summed E-state index contributed by atoms with van der Waals surface area (Å²) in [4.78, 5) is 0. The standard InChI is InChI=1S/C20H36O3/c1-18(2)8-4-9-19(3)15(18)7-10-20(13-22)16(19)6-5-14(12-21)11-17(20)23/h14-17,21-23H,4-13H2,1-3H3. The Morgan fingerprint density at radius 2 is 1.65 bits per heavy atom. The van der Waals surface area contributed by atoms with E-state index in [1.54, 1.807) is 0 Å². The van der Waals surface area contributed by atoms with Crippen LogP contribution in [0.2, 0.25) is 0 Å². The van der Waals surface area contributed by atoms with Gasteiger partial charge < -0.3 is 15.3 Å². The Labute approximate surface area is 141 Å². The summed E-state index contributed by atoms with van der Waals surface area (Å²) in [6.45, 7) is 7.55. The second-order valence-electron chi connectivity index (χ2n) is 9.76. The quantitative estimate of drug-likeness (QED) is 0.730. The predicted octanol–water partition coefficient (Wildman–Crippen LogP) is 3.36. The van der Waals surface area contributed by atoms with Crippen LogP contribution in [0.15, 0.2) is 0 Å². The molecule has 0 aromatic heterocycles. The molecule has 0 bridgehead atoms. The Hall–Kier alpha value is -0.120. The molecular weight excluding hydrogens is 288 g/mol. The molecule has 6 unspecified atom stereocenters. The summed E-state index contributed by atoms with van der Waals surface area (Å²) in [7, 11) is 0. The number of hydrogen-bond acceptors (Lipinski definition) is 3. The van der Waals surface area contributed by atoms with E-state index in [1.807, 2.05) is 0 Å².